The first-order valence-electron chi connectivity index (χ1n) is 6.27. The molecule has 1 unspecified atom stereocenters. The van der Waals surface area contributed by atoms with Gasteiger partial charge < -0.3 is 5.73 Å². The van der Waals surface area contributed by atoms with Gasteiger partial charge in [-0.1, -0.05) is 13.0 Å². The minimum absolute atomic E-state index is 0.160. The summed E-state index contributed by atoms with van der Waals surface area (Å²) >= 11 is 1.52. The average Bonchev–Trinajstić information content (AvgIpc) is 2.43. The molecule has 0 saturated carbocycles. The number of nitro groups is 1. The lowest BCUT2D eigenvalue weighted by molar-refractivity contribution is -0.386. The molecule has 7 nitrogen and oxygen atoms in total. The van der Waals surface area contributed by atoms with E-state index in [1.165, 1.54) is 41.3 Å². The topological polar surface area (TPSA) is 107 Å². The monoisotopic (exact) mass is 333 g/mol. The lowest BCUT2D eigenvalue weighted by Gasteiger charge is -2.25. The number of nitrogen functional groups attached to an aromatic ring is 1. The van der Waals surface area contributed by atoms with Crippen LogP contribution in [0.2, 0.25) is 0 Å². The highest BCUT2D eigenvalue weighted by atomic mass is 32.2. The van der Waals surface area contributed by atoms with Crippen molar-refractivity contribution >= 4 is 33.2 Å². The Hall–Kier alpha value is -1.32. The normalized spacial score (nSPS) is 13.3. The molecule has 0 aliphatic rings. The van der Waals surface area contributed by atoms with Gasteiger partial charge in [-0.25, -0.2) is 8.42 Å². The number of thioether (sulfide) groups is 1. The van der Waals surface area contributed by atoms with Crippen LogP contribution in [0.1, 0.15) is 13.3 Å². The molecule has 1 aromatic carbocycles. The van der Waals surface area contributed by atoms with Crippen molar-refractivity contribution < 1.29 is 13.3 Å². The van der Waals surface area contributed by atoms with Gasteiger partial charge >= 0.3 is 5.69 Å². The largest absolute Gasteiger partial charge is 0.393 e. The molecule has 0 aliphatic heterocycles. The Morgan fingerprint density at radius 3 is 2.57 bits per heavy atom. The lowest BCUT2D eigenvalue weighted by atomic mass is 10.3. The second-order valence-electron chi connectivity index (χ2n) is 4.49. The third-order valence-corrected chi connectivity index (χ3v) is 5.87. The molecule has 0 aliphatic carbocycles. The Morgan fingerprint density at radius 2 is 2.10 bits per heavy atom. The fourth-order valence-corrected chi connectivity index (χ4v) is 4.52. The smallest absolute Gasteiger partial charge is 0.312 e. The van der Waals surface area contributed by atoms with E-state index in [4.69, 9.17) is 5.73 Å². The van der Waals surface area contributed by atoms with Crippen LogP contribution >= 0.6 is 11.8 Å². The first-order chi connectivity index (χ1) is 9.77. The summed E-state index contributed by atoms with van der Waals surface area (Å²) < 4.78 is 26.5. The molecule has 0 bridgehead atoms. The van der Waals surface area contributed by atoms with Gasteiger partial charge in [-0.05, 0) is 24.8 Å². The zero-order valence-corrected chi connectivity index (χ0v) is 13.8. The van der Waals surface area contributed by atoms with E-state index in [-0.39, 0.29) is 16.6 Å². The van der Waals surface area contributed by atoms with Gasteiger partial charge in [-0.2, -0.15) is 16.1 Å². The first kappa shape index (κ1) is 17.7. The fraction of sp³-hybridized carbons (Fsp3) is 0.500. The molecule has 0 aromatic heterocycles. The van der Waals surface area contributed by atoms with Crippen LogP contribution in [0.25, 0.3) is 0 Å². The van der Waals surface area contributed by atoms with Crippen molar-refractivity contribution in [3.8, 4) is 0 Å². The van der Waals surface area contributed by atoms with E-state index < -0.39 is 20.6 Å². The van der Waals surface area contributed by atoms with Crippen molar-refractivity contribution in [3.63, 3.8) is 0 Å². The third kappa shape index (κ3) is 3.66. The van der Waals surface area contributed by atoms with Crippen molar-refractivity contribution in [1.29, 1.82) is 0 Å². The van der Waals surface area contributed by atoms with E-state index >= 15 is 0 Å². The number of hydrogen-bond acceptors (Lipinski definition) is 6. The van der Waals surface area contributed by atoms with Crippen LogP contribution in [0.3, 0.4) is 0 Å². The van der Waals surface area contributed by atoms with Crippen molar-refractivity contribution in [2.75, 3.05) is 24.8 Å². The van der Waals surface area contributed by atoms with E-state index in [9.17, 15) is 18.5 Å². The second kappa shape index (κ2) is 7.10. The number of sulfonamides is 1. The molecular formula is C12H19N3O4S2. The summed E-state index contributed by atoms with van der Waals surface area (Å²) in [6, 6.07) is 3.70. The number of nitro benzene ring substituents is 1. The summed E-state index contributed by atoms with van der Waals surface area (Å²) in [4.78, 5) is 9.99. The van der Waals surface area contributed by atoms with Crippen LogP contribution < -0.4 is 5.73 Å². The minimum atomic E-state index is -3.97. The number of rotatable bonds is 7. The molecular weight excluding hydrogens is 314 g/mol. The number of nitrogens with two attached hydrogens (primary N) is 1. The summed E-state index contributed by atoms with van der Waals surface area (Å²) in [7, 11) is -2.54. The molecule has 0 spiro atoms. The SMILES string of the molecule is CCC(CSC)N(C)S(=O)(=O)c1cccc(N)c1[N+](=O)[O-]. The summed E-state index contributed by atoms with van der Waals surface area (Å²) in [5.41, 5.74) is 4.83. The number of hydrogen-bond donors (Lipinski definition) is 1. The standard InChI is InChI=1S/C12H19N3O4S2/c1-4-9(8-20-3)14(2)21(18,19)11-7-5-6-10(13)12(11)15(16)17/h5-7,9H,4,8,13H2,1-3H3. The van der Waals surface area contributed by atoms with Gasteiger partial charge in [0.25, 0.3) is 0 Å². The van der Waals surface area contributed by atoms with Gasteiger partial charge in [0.15, 0.2) is 4.90 Å². The highest BCUT2D eigenvalue weighted by molar-refractivity contribution is 7.98. The molecule has 0 heterocycles. The number of benzene rings is 1. The van der Waals surface area contributed by atoms with Gasteiger partial charge in [-0.15, -0.1) is 0 Å². The van der Waals surface area contributed by atoms with Gasteiger partial charge in [0.05, 0.1) is 4.92 Å². The molecule has 9 heteroatoms. The number of nitrogens with zero attached hydrogens (tertiary/aromatic N) is 2. The molecule has 2 N–H and O–H groups in total. The Bertz CT molecular complexity index is 619. The van der Waals surface area contributed by atoms with Gasteiger partial charge in [0.1, 0.15) is 5.69 Å². The van der Waals surface area contributed by atoms with Crippen molar-refractivity contribution in [2.24, 2.45) is 0 Å². The third-order valence-electron chi connectivity index (χ3n) is 3.21. The highest BCUT2D eigenvalue weighted by Crippen LogP contribution is 2.32. The van der Waals surface area contributed by atoms with E-state index in [2.05, 4.69) is 0 Å². The van der Waals surface area contributed by atoms with E-state index in [1.54, 1.807) is 0 Å². The predicted molar refractivity (Wildman–Crippen MR) is 84.9 cm³/mol. The quantitative estimate of drug-likeness (QED) is 0.464. The molecule has 0 fully saturated rings. The van der Waals surface area contributed by atoms with Crippen LogP contribution in [0, 0.1) is 10.1 Å². The van der Waals surface area contributed by atoms with Gasteiger partial charge in [-0.3, -0.25) is 10.1 Å². The van der Waals surface area contributed by atoms with Crippen molar-refractivity contribution in [3.05, 3.63) is 28.3 Å². The molecule has 0 saturated heterocycles. The zero-order valence-electron chi connectivity index (χ0n) is 12.1. The Balaban J connectivity index is 3.38. The van der Waals surface area contributed by atoms with Crippen LogP contribution in [0.5, 0.6) is 0 Å². The Kier molecular flexibility index (Phi) is 5.99. The lowest BCUT2D eigenvalue weighted by Crippen LogP contribution is -2.38. The van der Waals surface area contributed by atoms with Gasteiger partial charge in [0.2, 0.25) is 10.0 Å². The van der Waals surface area contributed by atoms with Crippen molar-refractivity contribution in [1.82, 2.24) is 4.31 Å². The van der Waals surface area contributed by atoms with Crippen LogP contribution in [-0.4, -0.2) is 42.7 Å². The predicted octanol–water partition coefficient (Wildman–Crippen LogP) is 1.94. The summed E-state index contributed by atoms with van der Waals surface area (Å²) in [5.74, 6) is 0.613. The van der Waals surface area contributed by atoms with E-state index in [0.29, 0.717) is 12.2 Å². The average molecular weight is 333 g/mol. The van der Waals surface area contributed by atoms with Gasteiger partial charge in [0, 0.05) is 18.8 Å². The maximum atomic E-state index is 12.6. The maximum Gasteiger partial charge on any atom is 0.312 e. The highest BCUT2D eigenvalue weighted by Gasteiger charge is 2.34. The summed E-state index contributed by atoms with van der Waals surface area (Å²) in [6.45, 7) is 1.88. The molecule has 21 heavy (non-hydrogen) atoms. The second-order valence-corrected chi connectivity index (χ2v) is 7.37. The summed E-state index contributed by atoms with van der Waals surface area (Å²) in [6.07, 6.45) is 2.50. The maximum absolute atomic E-state index is 12.6. The van der Waals surface area contributed by atoms with E-state index in [0.717, 1.165) is 0 Å². The van der Waals surface area contributed by atoms with Crippen molar-refractivity contribution in [2.45, 2.75) is 24.3 Å². The first-order valence-corrected chi connectivity index (χ1v) is 9.10. The van der Waals surface area contributed by atoms with Crippen LogP contribution in [-0.2, 0) is 10.0 Å². The molecule has 0 amide bonds. The Morgan fingerprint density at radius 1 is 1.48 bits per heavy atom. The van der Waals surface area contributed by atoms with Crippen LogP contribution in [0.15, 0.2) is 23.1 Å². The number of anilines is 1. The fourth-order valence-electron chi connectivity index (χ4n) is 1.97. The molecule has 1 aromatic rings. The summed E-state index contributed by atoms with van der Waals surface area (Å²) in [5, 5.41) is 11.1. The van der Waals surface area contributed by atoms with E-state index in [1.807, 2.05) is 13.2 Å². The minimum Gasteiger partial charge on any atom is -0.393 e. The molecule has 1 atom stereocenters. The zero-order chi connectivity index (χ0) is 16.2. The van der Waals surface area contributed by atoms with Crippen LogP contribution in [0.4, 0.5) is 11.4 Å². The molecule has 1 rings (SSSR count). The molecule has 118 valence electrons. The Labute approximate surface area is 128 Å². The number of para-hydroxylation sites is 1. The molecule has 0 radical (unpaired) electrons.